The van der Waals surface area contributed by atoms with Gasteiger partial charge < -0.3 is 15.2 Å². The number of carbonyl (C=O) groups is 1. The molecule has 1 aromatic heterocycles. The van der Waals surface area contributed by atoms with Gasteiger partial charge in [0.1, 0.15) is 5.69 Å². The molecule has 0 bridgehead atoms. The first-order valence-electron chi connectivity index (χ1n) is 5.10. The van der Waals surface area contributed by atoms with E-state index in [1.807, 2.05) is 0 Å². The maximum absolute atomic E-state index is 12.1. The van der Waals surface area contributed by atoms with E-state index in [1.165, 1.54) is 7.11 Å². The number of nitrogens with two attached hydrogens (primary N) is 1. The van der Waals surface area contributed by atoms with E-state index < -0.39 is 6.04 Å². The lowest BCUT2D eigenvalue weighted by atomic mass is 10.1. The van der Waals surface area contributed by atoms with Crippen LogP contribution in [0, 0.1) is 0 Å². The Morgan fingerprint density at radius 3 is 2.88 bits per heavy atom. The van der Waals surface area contributed by atoms with Crippen molar-refractivity contribution in [1.82, 2.24) is 9.78 Å². The zero-order chi connectivity index (χ0) is 12.8. The quantitative estimate of drug-likeness (QED) is 0.740. The fraction of sp³-hybridized carbons (Fsp3) is 0.600. The third-order valence-corrected chi connectivity index (χ3v) is 2.80. The van der Waals surface area contributed by atoms with Gasteiger partial charge in [-0.2, -0.15) is 5.10 Å². The monoisotopic (exact) mass is 305 g/mol. The van der Waals surface area contributed by atoms with Gasteiger partial charge in [-0.15, -0.1) is 0 Å². The average molecular weight is 306 g/mol. The Morgan fingerprint density at radius 1 is 1.59 bits per heavy atom. The second kappa shape index (κ2) is 6.85. The lowest BCUT2D eigenvalue weighted by Gasteiger charge is -2.11. The molecule has 1 aromatic rings. The number of aromatic nitrogens is 2. The van der Waals surface area contributed by atoms with Gasteiger partial charge in [-0.1, -0.05) is 0 Å². The van der Waals surface area contributed by atoms with Crippen molar-refractivity contribution in [3.05, 3.63) is 16.4 Å². The van der Waals surface area contributed by atoms with E-state index in [1.54, 1.807) is 18.0 Å². The molecule has 0 spiro atoms. The number of carbonyl (C=O) groups excluding carboxylic acids is 1. The molecule has 7 heteroatoms. The minimum Gasteiger partial charge on any atom is -0.383 e. The summed E-state index contributed by atoms with van der Waals surface area (Å²) in [6.07, 6.45) is 1.57. The highest BCUT2D eigenvalue weighted by molar-refractivity contribution is 9.10. The van der Waals surface area contributed by atoms with E-state index in [-0.39, 0.29) is 12.4 Å². The van der Waals surface area contributed by atoms with Gasteiger partial charge >= 0.3 is 0 Å². The number of Topliss-reactive ketones (excluding diaryl/α,β-unsaturated/α-hetero) is 1. The van der Waals surface area contributed by atoms with Crippen LogP contribution in [0.4, 0.5) is 0 Å². The zero-order valence-corrected chi connectivity index (χ0v) is 11.4. The Kier molecular flexibility index (Phi) is 5.76. The fourth-order valence-corrected chi connectivity index (χ4v) is 1.88. The lowest BCUT2D eigenvalue weighted by molar-refractivity contribution is 0.0877. The smallest absolute Gasteiger partial charge is 0.200 e. The molecule has 0 saturated heterocycles. The summed E-state index contributed by atoms with van der Waals surface area (Å²) in [6.45, 7) is 1.16. The molecule has 1 atom stereocenters. The van der Waals surface area contributed by atoms with Gasteiger partial charge in [0.05, 0.1) is 36.5 Å². The van der Waals surface area contributed by atoms with Crippen molar-refractivity contribution >= 4 is 21.7 Å². The number of ether oxygens (including phenoxy) is 2. The van der Waals surface area contributed by atoms with Gasteiger partial charge in [-0.3, -0.25) is 9.48 Å². The highest BCUT2D eigenvalue weighted by atomic mass is 79.9. The Balaban J connectivity index is 2.87. The standard InChI is InChI=1S/C10H16BrN3O3/c1-16-4-3-14-9(7(11)5-13-14)10(15)8(12)6-17-2/h5,8H,3-4,6,12H2,1-2H3. The first kappa shape index (κ1) is 14.3. The summed E-state index contributed by atoms with van der Waals surface area (Å²) >= 11 is 3.29. The van der Waals surface area contributed by atoms with Crippen LogP contribution in [-0.4, -0.2) is 49.0 Å². The van der Waals surface area contributed by atoms with Gasteiger partial charge in [0, 0.05) is 14.2 Å². The molecule has 0 aromatic carbocycles. The largest absolute Gasteiger partial charge is 0.383 e. The topological polar surface area (TPSA) is 79.4 Å². The van der Waals surface area contributed by atoms with Crippen molar-refractivity contribution in [2.75, 3.05) is 27.4 Å². The maximum atomic E-state index is 12.1. The number of halogens is 1. The molecular formula is C10H16BrN3O3. The molecule has 96 valence electrons. The van der Waals surface area contributed by atoms with Crippen LogP contribution < -0.4 is 5.73 Å². The van der Waals surface area contributed by atoms with E-state index in [2.05, 4.69) is 21.0 Å². The molecule has 1 heterocycles. The summed E-state index contributed by atoms with van der Waals surface area (Å²) in [5, 5.41) is 4.09. The van der Waals surface area contributed by atoms with Crippen molar-refractivity contribution in [2.45, 2.75) is 12.6 Å². The van der Waals surface area contributed by atoms with Crippen LogP contribution in [0.15, 0.2) is 10.7 Å². The number of hydrogen-bond donors (Lipinski definition) is 1. The minimum atomic E-state index is -0.686. The fourth-order valence-electron chi connectivity index (χ4n) is 1.39. The van der Waals surface area contributed by atoms with Crippen LogP contribution >= 0.6 is 15.9 Å². The number of hydrogen-bond acceptors (Lipinski definition) is 5. The third-order valence-electron chi connectivity index (χ3n) is 2.22. The first-order valence-corrected chi connectivity index (χ1v) is 5.90. The van der Waals surface area contributed by atoms with Crippen molar-refractivity contribution in [2.24, 2.45) is 5.73 Å². The van der Waals surface area contributed by atoms with E-state index in [0.717, 1.165) is 0 Å². The molecule has 2 N–H and O–H groups in total. The molecule has 17 heavy (non-hydrogen) atoms. The highest BCUT2D eigenvalue weighted by Crippen LogP contribution is 2.17. The van der Waals surface area contributed by atoms with Crippen LogP contribution in [0.5, 0.6) is 0 Å². The molecule has 0 radical (unpaired) electrons. The molecule has 0 amide bonds. The minimum absolute atomic E-state index is 0.181. The van der Waals surface area contributed by atoms with Crippen LogP contribution in [-0.2, 0) is 16.0 Å². The zero-order valence-electron chi connectivity index (χ0n) is 9.85. The number of methoxy groups -OCH3 is 2. The Labute approximate surface area is 108 Å². The molecule has 1 unspecified atom stereocenters. The van der Waals surface area contributed by atoms with Crippen molar-refractivity contribution in [1.29, 1.82) is 0 Å². The molecule has 0 saturated carbocycles. The number of nitrogens with zero attached hydrogens (tertiary/aromatic N) is 2. The molecule has 0 aliphatic carbocycles. The number of ketones is 1. The van der Waals surface area contributed by atoms with Crippen LogP contribution in [0.25, 0.3) is 0 Å². The first-order chi connectivity index (χ1) is 8.11. The van der Waals surface area contributed by atoms with Gasteiger partial charge in [0.15, 0.2) is 0 Å². The molecule has 0 fully saturated rings. The normalized spacial score (nSPS) is 12.7. The van der Waals surface area contributed by atoms with E-state index in [4.69, 9.17) is 15.2 Å². The summed E-state index contributed by atoms with van der Waals surface area (Å²) in [7, 11) is 3.10. The third kappa shape index (κ3) is 3.60. The molecule has 0 aliphatic heterocycles. The predicted octanol–water partition coefficient (Wildman–Crippen LogP) is 0.448. The molecule has 0 aliphatic rings. The van der Waals surface area contributed by atoms with Gasteiger partial charge in [0.25, 0.3) is 0 Å². The van der Waals surface area contributed by atoms with Crippen molar-refractivity contribution in [3.8, 4) is 0 Å². The average Bonchev–Trinajstić information content (AvgIpc) is 2.67. The van der Waals surface area contributed by atoms with E-state index in [9.17, 15) is 4.79 Å². The van der Waals surface area contributed by atoms with Gasteiger partial charge in [0.2, 0.25) is 5.78 Å². The SMILES string of the molecule is COCCn1ncc(Br)c1C(=O)C(N)COC. The van der Waals surface area contributed by atoms with Gasteiger partial charge in [-0.25, -0.2) is 0 Å². The Hall–Kier alpha value is -0.760. The molecule has 6 nitrogen and oxygen atoms in total. The van der Waals surface area contributed by atoms with Gasteiger partial charge in [-0.05, 0) is 15.9 Å². The van der Waals surface area contributed by atoms with Crippen LogP contribution in [0.2, 0.25) is 0 Å². The molecular weight excluding hydrogens is 290 g/mol. The number of rotatable bonds is 7. The maximum Gasteiger partial charge on any atom is 0.200 e. The Morgan fingerprint density at radius 2 is 2.29 bits per heavy atom. The summed E-state index contributed by atoms with van der Waals surface area (Å²) in [6, 6.07) is -0.686. The second-order valence-corrected chi connectivity index (χ2v) is 4.34. The van der Waals surface area contributed by atoms with Crippen LogP contribution in [0.3, 0.4) is 0 Å². The highest BCUT2D eigenvalue weighted by Gasteiger charge is 2.22. The van der Waals surface area contributed by atoms with E-state index >= 15 is 0 Å². The summed E-state index contributed by atoms with van der Waals surface area (Å²) in [5.41, 5.74) is 6.17. The summed E-state index contributed by atoms with van der Waals surface area (Å²) in [5.74, 6) is -0.202. The Bertz CT molecular complexity index is 381. The second-order valence-electron chi connectivity index (χ2n) is 3.48. The molecule has 1 rings (SSSR count). The lowest BCUT2D eigenvalue weighted by Crippen LogP contribution is -2.36. The van der Waals surface area contributed by atoms with Crippen molar-refractivity contribution in [3.63, 3.8) is 0 Å². The van der Waals surface area contributed by atoms with Crippen LogP contribution in [0.1, 0.15) is 10.5 Å². The summed E-state index contributed by atoms with van der Waals surface area (Å²) < 4.78 is 12.0. The predicted molar refractivity (Wildman–Crippen MR) is 66.0 cm³/mol. The summed E-state index contributed by atoms with van der Waals surface area (Å²) in [4.78, 5) is 12.1. The van der Waals surface area contributed by atoms with E-state index in [0.29, 0.717) is 23.3 Å². The van der Waals surface area contributed by atoms with Crippen molar-refractivity contribution < 1.29 is 14.3 Å².